The fourth-order valence-corrected chi connectivity index (χ4v) is 2.77. The topological polar surface area (TPSA) is 29.1 Å². The van der Waals surface area contributed by atoms with E-state index in [-0.39, 0.29) is 5.91 Å². The zero-order valence-electron chi connectivity index (χ0n) is 12.7. The molecule has 0 saturated heterocycles. The minimum atomic E-state index is 0.133. The Morgan fingerprint density at radius 1 is 1.25 bits per heavy atom. The quantitative estimate of drug-likeness (QED) is 0.810. The zero-order chi connectivity index (χ0) is 14.4. The molecule has 1 aliphatic rings. The van der Waals surface area contributed by atoms with Crippen LogP contribution < -0.4 is 5.32 Å². The van der Waals surface area contributed by atoms with E-state index in [9.17, 15) is 4.79 Å². The fourth-order valence-electron chi connectivity index (χ4n) is 2.77. The third-order valence-electron chi connectivity index (χ3n) is 4.00. The number of amides is 1. The van der Waals surface area contributed by atoms with Crippen LogP contribution >= 0.6 is 0 Å². The molecule has 0 bridgehead atoms. The molecule has 20 heavy (non-hydrogen) atoms. The highest BCUT2D eigenvalue weighted by Gasteiger charge is 2.07. The highest BCUT2D eigenvalue weighted by molar-refractivity contribution is 5.78. The van der Waals surface area contributed by atoms with Gasteiger partial charge in [-0.3, -0.25) is 4.79 Å². The maximum absolute atomic E-state index is 12.0. The fraction of sp³-hybridized carbons (Fsp3) is 0.500. The molecule has 0 radical (unpaired) electrons. The lowest BCUT2D eigenvalue weighted by Crippen LogP contribution is -2.26. The van der Waals surface area contributed by atoms with Crippen LogP contribution in [0.25, 0.3) is 0 Å². The van der Waals surface area contributed by atoms with Crippen molar-refractivity contribution in [1.29, 1.82) is 0 Å². The molecule has 0 unspecified atom stereocenters. The van der Waals surface area contributed by atoms with Gasteiger partial charge in [0.1, 0.15) is 0 Å². The third kappa shape index (κ3) is 4.52. The summed E-state index contributed by atoms with van der Waals surface area (Å²) in [7, 11) is 0. The molecule has 1 aromatic rings. The first-order valence-corrected chi connectivity index (χ1v) is 7.66. The number of aryl methyl sites for hydroxylation is 2. The first kappa shape index (κ1) is 14.8. The van der Waals surface area contributed by atoms with Crippen molar-refractivity contribution < 1.29 is 4.79 Å². The van der Waals surface area contributed by atoms with Crippen molar-refractivity contribution in [3.05, 3.63) is 46.5 Å². The van der Waals surface area contributed by atoms with Gasteiger partial charge in [0, 0.05) is 6.54 Å². The molecule has 2 heteroatoms. The Morgan fingerprint density at radius 2 is 2.10 bits per heavy atom. The predicted molar refractivity (Wildman–Crippen MR) is 83.8 cm³/mol. The van der Waals surface area contributed by atoms with Gasteiger partial charge in [0.25, 0.3) is 0 Å². The van der Waals surface area contributed by atoms with Crippen LogP contribution in [0.5, 0.6) is 0 Å². The molecular weight excluding hydrogens is 246 g/mol. The number of hydrogen-bond donors (Lipinski definition) is 1. The Labute approximate surface area is 122 Å². The van der Waals surface area contributed by atoms with E-state index in [1.165, 1.54) is 42.4 Å². The second kappa shape index (κ2) is 7.28. The van der Waals surface area contributed by atoms with Gasteiger partial charge >= 0.3 is 0 Å². The van der Waals surface area contributed by atoms with E-state index in [0.29, 0.717) is 6.42 Å². The van der Waals surface area contributed by atoms with Crippen LogP contribution in [0.3, 0.4) is 0 Å². The standard InChI is InChI=1S/C18H25NO/c1-14-8-9-17(15(2)12-14)13-18(20)19-11-10-16-6-4-3-5-7-16/h6,8-9,12H,3-5,7,10-11,13H2,1-2H3,(H,19,20). The van der Waals surface area contributed by atoms with Crippen LogP contribution in [0.15, 0.2) is 29.8 Å². The van der Waals surface area contributed by atoms with Crippen LogP contribution in [0.1, 0.15) is 48.8 Å². The lowest BCUT2D eigenvalue weighted by atomic mass is 9.97. The van der Waals surface area contributed by atoms with Gasteiger partial charge in [0.05, 0.1) is 6.42 Å². The number of benzene rings is 1. The summed E-state index contributed by atoms with van der Waals surface area (Å²) in [5, 5.41) is 3.04. The second-order valence-electron chi connectivity index (χ2n) is 5.81. The van der Waals surface area contributed by atoms with Crippen molar-refractivity contribution in [3.63, 3.8) is 0 Å². The summed E-state index contributed by atoms with van der Waals surface area (Å²) in [4.78, 5) is 12.0. The molecular formula is C18H25NO. The molecule has 1 amide bonds. The summed E-state index contributed by atoms with van der Waals surface area (Å²) in [6, 6.07) is 6.27. The number of rotatable bonds is 5. The van der Waals surface area contributed by atoms with Crippen molar-refractivity contribution >= 4 is 5.91 Å². The molecule has 0 heterocycles. The Morgan fingerprint density at radius 3 is 2.80 bits per heavy atom. The van der Waals surface area contributed by atoms with Crippen molar-refractivity contribution in [2.24, 2.45) is 0 Å². The van der Waals surface area contributed by atoms with Crippen LogP contribution in [0, 0.1) is 13.8 Å². The van der Waals surface area contributed by atoms with Gasteiger partial charge in [-0.05, 0) is 57.1 Å². The van der Waals surface area contributed by atoms with E-state index < -0.39 is 0 Å². The van der Waals surface area contributed by atoms with Gasteiger partial charge < -0.3 is 5.32 Å². The smallest absolute Gasteiger partial charge is 0.224 e. The van der Waals surface area contributed by atoms with Crippen LogP contribution in [-0.4, -0.2) is 12.5 Å². The van der Waals surface area contributed by atoms with Gasteiger partial charge in [-0.1, -0.05) is 35.4 Å². The van der Waals surface area contributed by atoms with Crippen molar-refractivity contribution in [2.45, 2.75) is 52.4 Å². The molecule has 2 nitrogen and oxygen atoms in total. The molecule has 0 aromatic heterocycles. The molecule has 0 fully saturated rings. The number of allylic oxidation sites excluding steroid dienone is 1. The normalized spacial score (nSPS) is 14.8. The molecule has 1 aliphatic carbocycles. The van der Waals surface area contributed by atoms with Gasteiger partial charge in [-0.2, -0.15) is 0 Å². The molecule has 0 saturated carbocycles. The molecule has 0 spiro atoms. The molecule has 0 atom stereocenters. The van der Waals surface area contributed by atoms with Crippen molar-refractivity contribution in [3.8, 4) is 0 Å². The first-order chi connectivity index (χ1) is 9.65. The van der Waals surface area contributed by atoms with E-state index in [4.69, 9.17) is 0 Å². The lowest BCUT2D eigenvalue weighted by molar-refractivity contribution is -0.120. The predicted octanol–water partition coefficient (Wildman–Crippen LogP) is 3.85. The Kier molecular flexibility index (Phi) is 5.40. The molecule has 2 rings (SSSR count). The highest BCUT2D eigenvalue weighted by atomic mass is 16.1. The van der Waals surface area contributed by atoms with E-state index in [1.54, 1.807) is 0 Å². The van der Waals surface area contributed by atoms with Crippen LogP contribution in [0.2, 0.25) is 0 Å². The van der Waals surface area contributed by atoms with Crippen molar-refractivity contribution in [1.82, 2.24) is 5.32 Å². The SMILES string of the molecule is Cc1ccc(CC(=O)NCCC2=CCCCC2)c(C)c1. The minimum Gasteiger partial charge on any atom is -0.355 e. The maximum atomic E-state index is 12.0. The zero-order valence-corrected chi connectivity index (χ0v) is 12.7. The summed E-state index contributed by atoms with van der Waals surface area (Å²) < 4.78 is 0. The number of nitrogens with one attached hydrogen (secondary N) is 1. The van der Waals surface area contributed by atoms with Gasteiger partial charge in [-0.25, -0.2) is 0 Å². The largest absolute Gasteiger partial charge is 0.355 e. The molecule has 108 valence electrons. The van der Waals surface area contributed by atoms with E-state index in [1.807, 2.05) is 0 Å². The molecule has 1 N–H and O–H groups in total. The van der Waals surface area contributed by atoms with Gasteiger partial charge in [-0.15, -0.1) is 0 Å². The Bertz CT molecular complexity index is 502. The summed E-state index contributed by atoms with van der Waals surface area (Å²) in [6.45, 7) is 4.92. The monoisotopic (exact) mass is 271 g/mol. The summed E-state index contributed by atoms with van der Waals surface area (Å²) in [5.74, 6) is 0.133. The molecule has 1 aromatic carbocycles. The van der Waals surface area contributed by atoms with E-state index in [2.05, 4.69) is 43.4 Å². The minimum absolute atomic E-state index is 0.133. The third-order valence-corrected chi connectivity index (χ3v) is 4.00. The van der Waals surface area contributed by atoms with Crippen molar-refractivity contribution in [2.75, 3.05) is 6.54 Å². The Balaban J connectivity index is 1.76. The van der Waals surface area contributed by atoms with E-state index >= 15 is 0 Å². The van der Waals surface area contributed by atoms with Gasteiger partial charge in [0.15, 0.2) is 0 Å². The summed E-state index contributed by atoms with van der Waals surface area (Å²) >= 11 is 0. The average Bonchev–Trinajstić information content (AvgIpc) is 2.43. The summed E-state index contributed by atoms with van der Waals surface area (Å²) in [5.41, 5.74) is 5.10. The molecule has 0 aliphatic heterocycles. The first-order valence-electron chi connectivity index (χ1n) is 7.66. The van der Waals surface area contributed by atoms with E-state index in [0.717, 1.165) is 18.5 Å². The summed E-state index contributed by atoms with van der Waals surface area (Å²) in [6.07, 6.45) is 8.91. The number of carbonyl (C=O) groups excluding carboxylic acids is 1. The Hall–Kier alpha value is -1.57. The highest BCUT2D eigenvalue weighted by Crippen LogP contribution is 2.19. The van der Waals surface area contributed by atoms with Gasteiger partial charge in [0.2, 0.25) is 5.91 Å². The van der Waals surface area contributed by atoms with Crippen LogP contribution in [-0.2, 0) is 11.2 Å². The van der Waals surface area contributed by atoms with Crippen LogP contribution in [0.4, 0.5) is 0 Å². The second-order valence-corrected chi connectivity index (χ2v) is 5.81. The average molecular weight is 271 g/mol. The lowest BCUT2D eigenvalue weighted by Gasteiger charge is -2.13. The maximum Gasteiger partial charge on any atom is 0.224 e. The number of hydrogen-bond acceptors (Lipinski definition) is 1. The number of carbonyl (C=O) groups is 1.